The smallest absolute Gasteiger partial charge is 0.256 e. The van der Waals surface area contributed by atoms with Crippen LogP contribution in [0.5, 0.6) is 0 Å². The van der Waals surface area contributed by atoms with E-state index in [2.05, 4.69) is 15.3 Å². The molecule has 0 saturated carbocycles. The quantitative estimate of drug-likeness (QED) is 0.927. The molecule has 1 N–H and O–H groups in total. The van der Waals surface area contributed by atoms with Crippen molar-refractivity contribution < 1.29 is 4.79 Å². The van der Waals surface area contributed by atoms with Crippen LogP contribution in [-0.2, 0) is 0 Å². The number of hydrogen-bond acceptors (Lipinski definition) is 4. The Morgan fingerprint density at radius 3 is 2.35 bits per heavy atom. The van der Waals surface area contributed by atoms with Gasteiger partial charge in [0.05, 0.1) is 16.3 Å². The van der Waals surface area contributed by atoms with Gasteiger partial charge in [0.25, 0.3) is 5.91 Å². The SMILES string of the molecule is O=C(c1cnc(Nc2ccccc2Cl)nc1)N1CCCCCC1. The first-order valence-electron chi connectivity index (χ1n) is 7.87. The van der Waals surface area contributed by atoms with E-state index >= 15 is 0 Å². The van der Waals surface area contributed by atoms with Crippen molar-refractivity contribution >= 4 is 29.1 Å². The maximum atomic E-state index is 12.5. The second-order valence-electron chi connectivity index (χ2n) is 5.61. The summed E-state index contributed by atoms with van der Waals surface area (Å²) in [7, 11) is 0. The number of carbonyl (C=O) groups excluding carboxylic acids is 1. The van der Waals surface area contributed by atoms with Crippen molar-refractivity contribution in [3.63, 3.8) is 0 Å². The second-order valence-corrected chi connectivity index (χ2v) is 6.01. The summed E-state index contributed by atoms with van der Waals surface area (Å²) in [5.41, 5.74) is 1.26. The van der Waals surface area contributed by atoms with Gasteiger partial charge in [0.2, 0.25) is 5.95 Å². The van der Waals surface area contributed by atoms with E-state index in [0.29, 0.717) is 16.5 Å². The van der Waals surface area contributed by atoms with Gasteiger partial charge in [-0.25, -0.2) is 9.97 Å². The van der Waals surface area contributed by atoms with Crippen LogP contribution in [0.1, 0.15) is 36.0 Å². The molecule has 1 aromatic carbocycles. The number of halogens is 1. The van der Waals surface area contributed by atoms with Crippen molar-refractivity contribution in [1.29, 1.82) is 0 Å². The van der Waals surface area contributed by atoms with E-state index in [1.54, 1.807) is 18.5 Å². The minimum Gasteiger partial charge on any atom is -0.339 e. The lowest BCUT2D eigenvalue weighted by atomic mass is 10.2. The summed E-state index contributed by atoms with van der Waals surface area (Å²) in [6, 6.07) is 7.38. The molecule has 3 rings (SSSR count). The molecule has 23 heavy (non-hydrogen) atoms. The number of rotatable bonds is 3. The minimum absolute atomic E-state index is 0.0104. The molecule has 0 atom stereocenters. The van der Waals surface area contributed by atoms with Gasteiger partial charge in [-0.05, 0) is 25.0 Å². The Morgan fingerprint density at radius 2 is 1.70 bits per heavy atom. The van der Waals surface area contributed by atoms with Crippen molar-refractivity contribution in [2.24, 2.45) is 0 Å². The topological polar surface area (TPSA) is 58.1 Å². The Hall–Kier alpha value is -2.14. The van der Waals surface area contributed by atoms with E-state index in [1.807, 2.05) is 23.1 Å². The average molecular weight is 331 g/mol. The highest BCUT2D eigenvalue weighted by atomic mass is 35.5. The largest absolute Gasteiger partial charge is 0.339 e. The molecule has 1 aliphatic rings. The van der Waals surface area contributed by atoms with E-state index in [1.165, 1.54) is 12.8 Å². The standard InChI is InChI=1S/C17H19ClN4O/c18-14-7-3-4-8-15(14)21-17-19-11-13(12-20-17)16(23)22-9-5-1-2-6-10-22/h3-4,7-8,11-12H,1-2,5-6,9-10H2,(H,19,20,21). The summed E-state index contributed by atoms with van der Waals surface area (Å²) in [4.78, 5) is 22.8. The van der Waals surface area contributed by atoms with Crippen LogP contribution in [0.3, 0.4) is 0 Å². The zero-order chi connectivity index (χ0) is 16.1. The number of benzene rings is 1. The van der Waals surface area contributed by atoms with E-state index < -0.39 is 0 Å². The normalized spacial score (nSPS) is 15.1. The predicted molar refractivity (Wildman–Crippen MR) is 91.1 cm³/mol. The summed E-state index contributed by atoms with van der Waals surface area (Å²) >= 11 is 6.09. The number of anilines is 2. The van der Waals surface area contributed by atoms with Crippen LogP contribution in [0.2, 0.25) is 5.02 Å². The fraction of sp³-hybridized carbons (Fsp3) is 0.353. The number of carbonyl (C=O) groups is 1. The van der Waals surface area contributed by atoms with Crippen molar-refractivity contribution in [2.75, 3.05) is 18.4 Å². The number of hydrogen-bond donors (Lipinski definition) is 1. The molecule has 0 radical (unpaired) electrons. The lowest BCUT2D eigenvalue weighted by Gasteiger charge is -2.19. The van der Waals surface area contributed by atoms with Crippen LogP contribution in [0.25, 0.3) is 0 Å². The van der Waals surface area contributed by atoms with Gasteiger partial charge in [0.1, 0.15) is 0 Å². The van der Waals surface area contributed by atoms with Crippen LogP contribution in [0.4, 0.5) is 11.6 Å². The van der Waals surface area contributed by atoms with E-state index in [-0.39, 0.29) is 5.91 Å². The van der Waals surface area contributed by atoms with E-state index in [0.717, 1.165) is 31.6 Å². The fourth-order valence-electron chi connectivity index (χ4n) is 2.64. The number of para-hydroxylation sites is 1. The molecule has 0 aliphatic carbocycles. The number of nitrogens with zero attached hydrogens (tertiary/aromatic N) is 3. The van der Waals surface area contributed by atoms with Crippen LogP contribution < -0.4 is 5.32 Å². The molecule has 1 aromatic heterocycles. The van der Waals surface area contributed by atoms with Gasteiger partial charge in [-0.3, -0.25) is 4.79 Å². The van der Waals surface area contributed by atoms with Gasteiger partial charge in [0, 0.05) is 25.5 Å². The van der Waals surface area contributed by atoms with Crippen LogP contribution in [0.15, 0.2) is 36.7 Å². The monoisotopic (exact) mass is 330 g/mol. The Labute approximate surface area is 140 Å². The highest BCUT2D eigenvalue weighted by Gasteiger charge is 2.18. The number of amides is 1. The zero-order valence-corrected chi connectivity index (χ0v) is 13.6. The van der Waals surface area contributed by atoms with Crippen LogP contribution in [0, 0.1) is 0 Å². The first kappa shape index (κ1) is 15.7. The molecule has 6 heteroatoms. The summed E-state index contributed by atoms with van der Waals surface area (Å²) in [5.74, 6) is 0.432. The molecule has 1 saturated heterocycles. The zero-order valence-electron chi connectivity index (χ0n) is 12.8. The van der Waals surface area contributed by atoms with E-state index in [9.17, 15) is 4.79 Å². The van der Waals surface area contributed by atoms with Gasteiger partial charge in [-0.15, -0.1) is 0 Å². The molecule has 2 aromatic rings. The summed E-state index contributed by atoms with van der Waals surface area (Å²) in [6.07, 6.45) is 7.66. The van der Waals surface area contributed by atoms with Gasteiger partial charge >= 0.3 is 0 Å². The lowest BCUT2D eigenvalue weighted by molar-refractivity contribution is 0.0761. The molecule has 1 aliphatic heterocycles. The Bertz CT molecular complexity index is 667. The number of likely N-dealkylation sites (tertiary alicyclic amines) is 1. The number of nitrogens with one attached hydrogen (secondary N) is 1. The number of aromatic nitrogens is 2. The third-order valence-electron chi connectivity index (χ3n) is 3.91. The molecule has 120 valence electrons. The van der Waals surface area contributed by atoms with Crippen molar-refractivity contribution in [3.8, 4) is 0 Å². The van der Waals surface area contributed by atoms with Gasteiger partial charge < -0.3 is 10.2 Å². The van der Waals surface area contributed by atoms with Crippen molar-refractivity contribution in [3.05, 3.63) is 47.2 Å². The summed E-state index contributed by atoms with van der Waals surface area (Å²) in [6.45, 7) is 1.64. The first-order valence-corrected chi connectivity index (χ1v) is 8.25. The maximum absolute atomic E-state index is 12.5. The molecule has 0 spiro atoms. The molecule has 0 bridgehead atoms. The Morgan fingerprint density at radius 1 is 1.04 bits per heavy atom. The highest BCUT2D eigenvalue weighted by Crippen LogP contribution is 2.23. The molecule has 1 fully saturated rings. The Balaban J connectivity index is 1.69. The second kappa shape index (κ2) is 7.42. The third-order valence-corrected chi connectivity index (χ3v) is 4.24. The molecular formula is C17H19ClN4O. The summed E-state index contributed by atoms with van der Waals surface area (Å²) in [5, 5.41) is 3.65. The summed E-state index contributed by atoms with van der Waals surface area (Å²) < 4.78 is 0. The van der Waals surface area contributed by atoms with Gasteiger partial charge in [-0.2, -0.15) is 0 Å². The van der Waals surface area contributed by atoms with E-state index in [4.69, 9.17) is 11.6 Å². The molecule has 2 heterocycles. The molecule has 5 nitrogen and oxygen atoms in total. The maximum Gasteiger partial charge on any atom is 0.256 e. The third kappa shape index (κ3) is 3.99. The van der Waals surface area contributed by atoms with Crippen LogP contribution >= 0.6 is 11.6 Å². The van der Waals surface area contributed by atoms with Crippen molar-refractivity contribution in [1.82, 2.24) is 14.9 Å². The predicted octanol–water partition coefficient (Wildman–Crippen LogP) is 3.89. The fourth-order valence-corrected chi connectivity index (χ4v) is 2.83. The average Bonchev–Trinajstić information content (AvgIpc) is 2.86. The lowest BCUT2D eigenvalue weighted by Crippen LogP contribution is -2.32. The highest BCUT2D eigenvalue weighted by molar-refractivity contribution is 6.33. The van der Waals surface area contributed by atoms with Crippen LogP contribution in [-0.4, -0.2) is 33.9 Å². The molecule has 1 amide bonds. The van der Waals surface area contributed by atoms with Gasteiger partial charge in [-0.1, -0.05) is 36.6 Å². The Kier molecular flexibility index (Phi) is 5.08. The minimum atomic E-state index is 0.0104. The van der Waals surface area contributed by atoms with Gasteiger partial charge in [0.15, 0.2) is 0 Å². The van der Waals surface area contributed by atoms with Crippen molar-refractivity contribution in [2.45, 2.75) is 25.7 Å². The first-order chi connectivity index (χ1) is 11.2. The molecular weight excluding hydrogens is 312 g/mol. The molecule has 0 unspecified atom stereocenters.